The van der Waals surface area contributed by atoms with Gasteiger partial charge in [-0.15, -0.1) is 0 Å². The summed E-state index contributed by atoms with van der Waals surface area (Å²) in [5, 5.41) is 4.20. The Balaban J connectivity index is 1.13. The van der Waals surface area contributed by atoms with Crippen molar-refractivity contribution in [3.8, 4) is 11.4 Å². The third-order valence-corrected chi connectivity index (χ3v) is 14.9. The minimum absolute atomic E-state index is 0.342. The van der Waals surface area contributed by atoms with Gasteiger partial charge in [-0.3, -0.25) is 0 Å². The molecule has 9 aromatic carbocycles. The monoisotopic (exact) mass is 801 g/mol. The number of benzene rings is 9. The molecule has 5 nitrogen and oxygen atoms in total. The van der Waals surface area contributed by atoms with Gasteiger partial charge in [0.05, 0.1) is 43.0 Å². The van der Waals surface area contributed by atoms with Crippen molar-refractivity contribution in [1.29, 1.82) is 0 Å². The van der Waals surface area contributed by atoms with E-state index < -0.39 is 15.3 Å². The molecule has 0 radical (unpaired) electrons. The first kappa shape index (κ1) is 34.2. The smallest absolute Gasteiger partial charge is 0.207 e. The Labute approximate surface area is 352 Å². The van der Waals surface area contributed by atoms with E-state index in [9.17, 15) is 0 Å². The molecule has 4 heterocycles. The van der Waals surface area contributed by atoms with Crippen LogP contribution in [0.5, 0.6) is 0 Å². The highest BCUT2D eigenvalue weighted by atomic mass is 32.2. The maximum absolute atomic E-state index is 15.2. The molecule has 0 N–H and O–H groups in total. The Morgan fingerprint density at radius 2 is 0.918 bits per heavy atom. The molecule has 0 amide bonds. The molecule has 2 aliphatic heterocycles. The number of sulfone groups is 1. The number of rotatable bonds is 4. The van der Waals surface area contributed by atoms with Crippen molar-refractivity contribution in [2.45, 2.75) is 15.2 Å². The van der Waals surface area contributed by atoms with Crippen molar-refractivity contribution in [2.24, 2.45) is 0 Å². The highest BCUT2D eigenvalue weighted by Crippen LogP contribution is 2.60. The van der Waals surface area contributed by atoms with E-state index in [1.165, 1.54) is 5.39 Å². The fourth-order valence-electron chi connectivity index (χ4n) is 10.7. The van der Waals surface area contributed by atoms with Crippen LogP contribution in [0.1, 0.15) is 22.3 Å². The molecule has 1 unspecified atom stereocenters. The first-order chi connectivity index (χ1) is 30.0. The predicted octanol–water partition coefficient (Wildman–Crippen LogP) is 13.2. The van der Waals surface area contributed by atoms with E-state index in [1.54, 1.807) is 6.07 Å². The van der Waals surface area contributed by atoms with Gasteiger partial charge < -0.3 is 14.0 Å². The van der Waals surface area contributed by atoms with E-state index in [-0.39, 0.29) is 0 Å². The average molecular weight is 802 g/mol. The van der Waals surface area contributed by atoms with Gasteiger partial charge in [-0.25, -0.2) is 8.42 Å². The SMILES string of the molecule is O=S1(=O)c2ccccc2C2(c3ccccc3-n3c4ccccc4c4cccc2c43)c2cc3c(cc21)c1ccccc1n3-c1ccc(N(c2ccccc2)c2ccccc2)cc1. The summed E-state index contributed by atoms with van der Waals surface area (Å²) in [5.74, 6) is 0. The normalized spacial score (nSPS) is 15.9. The van der Waals surface area contributed by atoms with Crippen molar-refractivity contribution >= 4 is 70.5 Å². The minimum atomic E-state index is -3.96. The quantitative estimate of drug-likeness (QED) is 0.178. The van der Waals surface area contributed by atoms with Crippen LogP contribution in [0.2, 0.25) is 0 Å². The predicted molar refractivity (Wildman–Crippen MR) is 247 cm³/mol. The van der Waals surface area contributed by atoms with Crippen LogP contribution in [-0.4, -0.2) is 17.6 Å². The van der Waals surface area contributed by atoms with E-state index in [0.29, 0.717) is 9.79 Å². The molecular weight excluding hydrogens is 767 g/mol. The lowest BCUT2D eigenvalue weighted by molar-refractivity contribution is 0.578. The molecular formula is C55H35N3O2S. The zero-order chi connectivity index (χ0) is 40.5. The molecule has 1 atom stereocenters. The fourth-order valence-corrected chi connectivity index (χ4v) is 12.5. The maximum atomic E-state index is 15.2. The van der Waals surface area contributed by atoms with Gasteiger partial charge in [0, 0.05) is 44.3 Å². The molecule has 0 bridgehead atoms. The van der Waals surface area contributed by atoms with Gasteiger partial charge >= 0.3 is 0 Å². The second kappa shape index (κ2) is 12.4. The first-order valence-corrected chi connectivity index (χ1v) is 22.1. The number of hydrogen-bond acceptors (Lipinski definition) is 3. The molecule has 288 valence electrons. The van der Waals surface area contributed by atoms with E-state index in [4.69, 9.17) is 0 Å². The molecule has 0 saturated heterocycles. The number of hydrogen-bond donors (Lipinski definition) is 0. The summed E-state index contributed by atoms with van der Waals surface area (Å²) >= 11 is 0. The second-order valence-corrected chi connectivity index (χ2v) is 17.9. The maximum Gasteiger partial charge on any atom is 0.207 e. The van der Waals surface area contributed by atoms with Gasteiger partial charge in [0.25, 0.3) is 0 Å². The van der Waals surface area contributed by atoms with Gasteiger partial charge in [0.1, 0.15) is 0 Å². The lowest BCUT2D eigenvalue weighted by Gasteiger charge is -2.45. The van der Waals surface area contributed by atoms with Gasteiger partial charge in [0.2, 0.25) is 9.84 Å². The molecule has 2 aliphatic rings. The van der Waals surface area contributed by atoms with E-state index in [1.807, 2.05) is 42.5 Å². The number of fused-ring (bicyclic) bond motifs is 14. The lowest BCUT2D eigenvalue weighted by atomic mass is 9.62. The number of nitrogens with zero attached hydrogens (tertiary/aromatic N) is 3. The lowest BCUT2D eigenvalue weighted by Crippen LogP contribution is -2.40. The van der Waals surface area contributed by atoms with Crippen LogP contribution in [0, 0.1) is 0 Å². The van der Waals surface area contributed by atoms with Gasteiger partial charge in [-0.2, -0.15) is 0 Å². The summed E-state index contributed by atoms with van der Waals surface area (Å²) in [4.78, 5) is 2.95. The average Bonchev–Trinajstić information content (AvgIpc) is 3.83. The topological polar surface area (TPSA) is 47.2 Å². The Bertz CT molecular complexity index is 3680. The zero-order valence-corrected chi connectivity index (χ0v) is 33.6. The molecule has 13 rings (SSSR count). The number of para-hydroxylation sites is 6. The van der Waals surface area contributed by atoms with Gasteiger partial charge in [-0.1, -0.05) is 127 Å². The molecule has 61 heavy (non-hydrogen) atoms. The molecule has 2 aromatic heterocycles. The minimum Gasteiger partial charge on any atom is -0.311 e. The van der Waals surface area contributed by atoms with Crippen LogP contribution in [0.4, 0.5) is 17.1 Å². The van der Waals surface area contributed by atoms with Crippen LogP contribution in [0.25, 0.3) is 55.0 Å². The molecule has 6 heteroatoms. The Morgan fingerprint density at radius 1 is 0.377 bits per heavy atom. The first-order valence-electron chi connectivity index (χ1n) is 20.6. The summed E-state index contributed by atoms with van der Waals surface area (Å²) in [5.41, 5.74) is 12.1. The van der Waals surface area contributed by atoms with Crippen LogP contribution < -0.4 is 4.90 Å². The molecule has 1 spiro atoms. The van der Waals surface area contributed by atoms with Crippen LogP contribution >= 0.6 is 0 Å². The highest BCUT2D eigenvalue weighted by molar-refractivity contribution is 7.91. The number of anilines is 3. The zero-order valence-electron chi connectivity index (χ0n) is 32.8. The fraction of sp³-hybridized carbons (Fsp3) is 0.0182. The van der Waals surface area contributed by atoms with Crippen molar-refractivity contribution in [2.75, 3.05) is 4.90 Å². The highest BCUT2D eigenvalue weighted by Gasteiger charge is 2.53. The van der Waals surface area contributed by atoms with Crippen molar-refractivity contribution in [3.05, 3.63) is 235 Å². The van der Waals surface area contributed by atoms with Gasteiger partial charge in [-0.05, 0) is 107 Å². The molecule has 0 saturated carbocycles. The number of aromatic nitrogens is 2. The second-order valence-electron chi connectivity index (χ2n) is 16.1. The van der Waals surface area contributed by atoms with E-state index in [2.05, 4.69) is 178 Å². The summed E-state index contributed by atoms with van der Waals surface area (Å²) in [6, 6.07) is 73.4. The van der Waals surface area contributed by atoms with Crippen LogP contribution in [0.3, 0.4) is 0 Å². The van der Waals surface area contributed by atoms with Crippen molar-refractivity contribution in [3.63, 3.8) is 0 Å². The Hall–Kier alpha value is -7.67. The molecule has 0 fully saturated rings. The van der Waals surface area contributed by atoms with Crippen LogP contribution in [0.15, 0.2) is 222 Å². The van der Waals surface area contributed by atoms with Crippen molar-refractivity contribution < 1.29 is 8.42 Å². The summed E-state index contributed by atoms with van der Waals surface area (Å²) in [7, 11) is -3.96. The molecule has 11 aromatic rings. The standard InChI is InChI=1S/C55H35N3O2S/c59-61(60)52-29-14-10-24-45(52)55(44-23-9-13-28-50(44)58-49-27-12-7-20-40(49)42-22-15-25-46(55)54(42)58)47-35-51-43(34-53(47)61)41-21-8-11-26-48(41)57(51)39-32-30-38(31-33-39)56(36-16-3-1-4-17-36)37-18-5-2-6-19-37/h1-35H. The Kier molecular flexibility index (Phi) is 6.97. The third-order valence-electron chi connectivity index (χ3n) is 13.1. The largest absolute Gasteiger partial charge is 0.311 e. The van der Waals surface area contributed by atoms with Crippen molar-refractivity contribution in [1.82, 2.24) is 9.13 Å². The summed E-state index contributed by atoms with van der Waals surface area (Å²) in [6.07, 6.45) is 0. The third kappa shape index (κ3) is 4.46. The summed E-state index contributed by atoms with van der Waals surface area (Å²) in [6.45, 7) is 0. The van der Waals surface area contributed by atoms with E-state index >= 15 is 8.42 Å². The summed E-state index contributed by atoms with van der Waals surface area (Å²) < 4.78 is 35.2. The molecule has 0 aliphatic carbocycles. The van der Waals surface area contributed by atoms with Gasteiger partial charge in [0.15, 0.2) is 0 Å². The van der Waals surface area contributed by atoms with E-state index in [0.717, 1.165) is 88.9 Å². The van der Waals surface area contributed by atoms with Crippen LogP contribution in [-0.2, 0) is 15.3 Å². The Morgan fingerprint density at radius 3 is 1.64 bits per heavy atom.